The number of ether oxygens (including phenoxy) is 1. The third-order valence-corrected chi connectivity index (χ3v) is 3.31. The molecule has 1 aliphatic carbocycles. The monoisotopic (exact) mass is 233 g/mol. The number of aryl methyl sites for hydroxylation is 1. The van der Waals surface area contributed by atoms with Crippen LogP contribution in [0.1, 0.15) is 49.8 Å². The van der Waals surface area contributed by atoms with Gasteiger partial charge < -0.3 is 4.74 Å². The Balaban J connectivity index is 1.97. The van der Waals surface area contributed by atoms with Crippen LogP contribution in [0.3, 0.4) is 0 Å². The van der Waals surface area contributed by atoms with Gasteiger partial charge in [0.25, 0.3) is 0 Å². The van der Waals surface area contributed by atoms with Gasteiger partial charge in [0, 0.05) is 24.2 Å². The van der Waals surface area contributed by atoms with Crippen molar-refractivity contribution in [1.82, 2.24) is 4.98 Å². The van der Waals surface area contributed by atoms with Crippen molar-refractivity contribution in [2.45, 2.75) is 44.9 Å². The minimum atomic E-state index is -0.0874. The van der Waals surface area contributed by atoms with Crippen LogP contribution in [0.4, 0.5) is 0 Å². The highest BCUT2D eigenvalue weighted by atomic mass is 16.5. The van der Waals surface area contributed by atoms with E-state index in [0.29, 0.717) is 18.9 Å². The Morgan fingerprint density at radius 1 is 1.59 bits per heavy atom. The van der Waals surface area contributed by atoms with E-state index in [4.69, 9.17) is 4.74 Å². The van der Waals surface area contributed by atoms with Crippen molar-refractivity contribution in [1.29, 1.82) is 0 Å². The minimum Gasteiger partial charge on any atom is -0.466 e. The molecule has 0 amide bonds. The van der Waals surface area contributed by atoms with Gasteiger partial charge in [-0.2, -0.15) is 0 Å². The standard InChI is InChI=1S/C14H19NO2/c1-2-17-13(16)9-8-12-6-3-5-11-7-4-10-15-14(11)12/h4,7,10,12H,2-3,5-6,8-9H2,1H3. The predicted molar refractivity (Wildman–Crippen MR) is 65.8 cm³/mol. The zero-order valence-electron chi connectivity index (χ0n) is 10.3. The fourth-order valence-corrected chi connectivity index (χ4v) is 2.51. The van der Waals surface area contributed by atoms with Crippen LogP contribution < -0.4 is 0 Å². The number of hydrogen-bond acceptors (Lipinski definition) is 3. The molecule has 0 spiro atoms. The van der Waals surface area contributed by atoms with E-state index in [1.165, 1.54) is 17.7 Å². The highest BCUT2D eigenvalue weighted by Crippen LogP contribution is 2.33. The van der Waals surface area contributed by atoms with Crippen LogP contribution in [0.5, 0.6) is 0 Å². The first-order valence-electron chi connectivity index (χ1n) is 6.40. The number of nitrogens with zero attached hydrogens (tertiary/aromatic N) is 1. The molecule has 3 heteroatoms. The number of rotatable bonds is 4. The molecule has 0 saturated heterocycles. The molecule has 3 nitrogen and oxygen atoms in total. The molecule has 0 fully saturated rings. The molecule has 0 aromatic carbocycles. The van der Waals surface area contributed by atoms with Gasteiger partial charge >= 0.3 is 5.97 Å². The first kappa shape index (κ1) is 12.1. The minimum absolute atomic E-state index is 0.0874. The van der Waals surface area contributed by atoms with E-state index in [0.717, 1.165) is 19.3 Å². The van der Waals surface area contributed by atoms with Crippen LogP contribution in [0.15, 0.2) is 18.3 Å². The van der Waals surface area contributed by atoms with Crippen molar-refractivity contribution in [3.63, 3.8) is 0 Å². The Kier molecular flexibility index (Phi) is 4.13. The third kappa shape index (κ3) is 3.05. The van der Waals surface area contributed by atoms with Gasteiger partial charge in [-0.1, -0.05) is 6.07 Å². The van der Waals surface area contributed by atoms with Crippen LogP contribution in [0.25, 0.3) is 0 Å². The first-order valence-corrected chi connectivity index (χ1v) is 6.40. The van der Waals surface area contributed by atoms with Crippen molar-refractivity contribution in [2.24, 2.45) is 0 Å². The summed E-state index contributed by atoms with van der Waals surface area (Å²) >= 11 is 0. The molecule has 17 heavy (non-hydrogen) atoms. The first-order chi connectivity index (χ1) is 8.31. The Morgan fingerprint density at radius 2 is 2.47 bits per heavy atom. The van der Waals surface area contributed by atoms with Gasteiger partial charge in [-0.3, -0.25) is 9.78 Å². The molecule has 1 aromatic rings. The van der Waals surface area contributed by atoms with E-state index in [1.54, 1.807) is 0 Å². The molecule has 2 rings (SSSR count). The van der Waals surface area contributed by atoms with E-state index in [2.05, 4.69) is 11.1 Å². The SMILES string of the molecule is CCOC(=O)CCC1CCCc2cccnc21. The largest absolute Gasteiger partial charge is 0.466 e. The fraction of sp³-hybridized carbons (Fsp3) is 0.571. The molecule has 0 N–H and O–H groups in total. The van der Waals surface area contributed by atoms with Crippen molar-refractivity contribution >= 4 is 5.97 Å². The zero-order valence-corrected chi connectivity index (χ0v) is 10.3. The number of pyridine rings is 1. The number of esters is 1. The number of carbonyl (C=O) groups is 1. The van der Waals surface area contributed by atoms with Gasteiger partial charge in [-0.15, -0.1) is 0 Å². The molecule has 92 valence electrons. The lowest BCUT2D eigenvalue weighted by atomic mass is 9.84. The summed E-state index contributed by atoms with van der Waals surface area (Å²) in [6, 6.07) is 4.14. The molecule has 1 atom stereocenters. The second kappa shape index (κ2) is 5.80. The normalized spacial score (nSPS) is 18.5. The van der Waals surface area contributed by atoms with Crippen LogP contribution in [-0.4, -0.2) is 17.6 Å². The van der Waals surface area contributed by atoms with Gasteiger partial charge in [-0.25, -0.2) is 0 Å². The summed E-state index contributed by atoms with van der Waals surface area (Å²) in [5.74, 6) is 0.347. The summed E-state index contributed by atoms with van der Waals surface area (Å²) in [6.07, 6.45) is 6.69. The van der Waals surface area contributed by atoms with Gasteiger partial charge in [0.15, 0.2) is 0 Å². The second-order valence-corrected chi connectivity index (χ2v) is 4.48. The van der Waals surface area contributed by atoms with Gasteiger partial charge in [0.1, 0.15) is 0 Å². The highest BCUT2D eigenvalue weighted by Gasteiger charge is 2.21. The molecule has 1 aromatic heterocycles. The predicted octanol–water partition coefficient (Wildman–Crippen LogP) is 2.84. The summed E-state index contributed by atoms with van der Waals surface area (Å²) in [4.78, 5) is 15.8. The van der Waals surface area contributed by atoms with Crippen molar-refractivity contribution in [2.75, 3.05) is 6.61 Å². The summed E-state index contributed by atoms with van der Waals surface area (Å²) in [5, 5.41) is 0. The Bertz CT molecular complexity index is 390. The molecule has 0 bridgehead atoms. The number of fused-ring (bicyclic) bond motifs is 1. The summed E-state index contributed by atoms with van der Waals surface area (Å²) in [6.45, 7) is 2.31. The molecule has 1 aliphatic rings. The van der Waals surface area contributed by atoms with Crippen LogP contribution in [-0.2, 0) is 16.0 Å². The Labute approximate surface area is 102 Å². The molecular formula is C14H19NO2. The molecule has 0 radical (unpaired) electrons. The van der Waals surface area contributed by atoms with Gasteiger partial charge in [0.2, 0.25) is 0 Å². The van der Waals surface area contributed by atoms with E-state index in [1.807, 2.05) is 19.2 Å². The quantitative estimate of drug-likeness (QED) is 0.751. The Morgan fingerprint density at radius 3 is 3.29 bits per heavy atom. The fourth-order valence-electron chi connectivity index (χ4n) is 2.51. The lowest BCUT2D eigenvalue weighted by molar-refractivity contribution is -0.143. The van der Waals surface area contributed by atoms with Gasteiger partial charge in [-0.05, 0) is 44.2 Å². The molecule has 1 unspecified atom stereocenters. The maximum Gasteiger partial charge on any atom is 0.305 e. The molecule has 1 heterocycles. The van der Waals surface area contributed by atoms with E-state index in [-0.39, 0.29) is 5.97 Å². The molecule has 0 saturated carbocycles. The lowest BCUT2D eigenvalue weighted by Gasteiger charge is -2.23. The summed E-state index contributed by atoms with van der Waals surface area (Å²) < 4.78 is 4.96. The maximum absolute atomic E-state index is 11.4. The van der Waals surface area contributed by atoms with Crippen molar-refractivity contribution < 1.29 is 9.53 Å². The lowest BCUT2D eigenvalue weighted by Crippen LogP contribution is -2.14. The average Bonchev–Trinajstić information content (AvgIpc) is 2.36. The molecular weight excluding hydrogens is 214 g/mol. The van der Waals surface area contributed by atoms with Crippen molar-refractivity contribution in [3.05, 3.63) is 29.6 Å². The van der Waals surface area contributed by atoms with Crippen molar-refractivity contribution in [3.8, 4) is 0 Å². The highest BCUT2D eigenvalue weighted by molar-refractivity contribution is 5.69. The summed E-state index contributed by atoms with van der Waals surface area (Å²) in [5.41, 5.74) is 2.55. The summed E-state index contributed by atoms with van der Waals surface area (Å²) in [7, 11) is 0. The molecule has 0 aliphatic heterocycles. The van der Waals surface area contributed by atoms with E-state index >= 15 is 0 Å². The topological polar surface area (TPSA) is 39.2 Å². The van der Waals surface area contributed by atoms with Crippen LogP contribution in [0.2, 0.25) is 0 Å². The Hall–Kier alpha value is -1.38. The average molecular weight is 233 g/mol. The second-order valence-electron chi connectivity index (χ2n) is 4.48. The smallest absolute Gasteiger partial charge is 0.305 e. The zero-order chi connectivity index (χ0) is 12.1. The number of carbonyl (C=O) groups excluding carboxylic acids is 1. The number of hydrogen-bond donors (Lipinski definition) is 0. The number of aromatic nitrogens is 1. The van der Waals surface area contributed by atoms with Gasteiger partial charge in [0.05, 0.1) is 6.61 Å². The maximum atomic E-state index is 11.4. The van der Waals surface area contributed by atoms with Crippen LogP contribution in [0, 0.1) is 0 Å². The third-order valence-electron chi connectivity index (χ3n) is 3.31. The van der Waals surface area contributed by atoms with E-state index in [9.17, 15) is 4.79 Å². The van der Waals surface area contributed by atoms with Crippen LogP contribution >= 0.6 is 0 Å². The van der Waals surface area contributed by atoms with E-state index < -0.39 is 0 Å².